The number of carbonyl (C=O) groups excluding carboxylic acids is 1. The minimum absolute atomic E-state index is 0.0177. The van der Waals surface area contributed by atoms with Crippen LogP contribution >= 0.6 is 0 Å². The Kier molecular flexibility index (Phi) is 3.57. The lowest BCUT2D eigenvalue weighted by Crippen LogP contribution is -2.50. The van der Waals surface area contributed by atoms with Gasteiger partial charge in [-0.15, -0.1) is 0 Å². The lowest BCUT2D eigenvalue weighted by Gasteiger charge is -2.22. The van der Waals surface area contributed by atoms with Crippen molar-refractivity contribution in [2.75, 3.05) is 7.05 Å². The first-order valence-corrected chi connectivity index (χ1v) is 6.35. The van der Waals surface area contributed by atoms with Gasteiger partial charge < -0.3 is 15.6 Å². The second-order valence-electron chi connectivity index (χ2n) is 5.23. The third kappa shape index (κ3) is 2.93. The van der Waals surface area contributed by atoms with E-state index in [2.05, 4.69) is 20.6 Å². The average molecular weight is 260 g/mol. The first-order chi connectivity index (χ1) is 8.92. The van der Waals surface area contributed by atoms with Crippen molar-refractivity contribution in [3.8, 4) is 0 Å². The molecule has 0 aliphatic carbocycles. The number of nitrogens with one attached hydrogen (secondary N) is 3. The molecule has 2 rings (SSSR count). The summed E-state index contributed by atoms with van der Waals surface area (Å²) < 4.78 is 0. The van der Waals surface area contributed by atoms with Crippen LogP contribution in [0.1, 0.15) is 25.2 Å². The molecular weight excluding hydrogens is 240 g/mol. The van der Waals surface area contributed by atoms with Crippen LogP contribution in [0.5, 0.6) is 0 Å². The van der Waals surface area contributed by atoms with Gasteiger partial charge in [-0.2, -0.15) is 0 Å². The Labute approximate surface area is 112 Å². The summed E-state index contributed by atoms with van der Waals surface area (Å²) in [5.74, 6) is 0.878. The van der Waals surface area contributed by atoms with Crippen molar-refractivity contribution in [2.45, 2.75) is 32.9 Å². The van der Waals surface area contributed by atoms with Gasteiger partial charge in [-0.25, -0.2) is 4.98 Å². The molecule has 102 valence electrons. The minimum atomic E-state index is -0.561. The average Bonchev–Trinajstić information content (AvgIpc) is 2.74. The zero-order valence-electron chi connectivity index (χ0n) is 11.8. The maximum Gasteiger partial charge on any atom is 0.239 e. The third-order valence-electron chi connectivity index (χ3n) is 3.31. The number of aromatic amines is 1. The molecule has 0 atom stereocenters. The van der Waals surface area contributed by atoms with Crippen molar-refractivity contribution >= 4 is 16.9 Å². The van der Waals surface area contributed by atoms with Crippen LogP contribution < -0.4 is 10.6 Å². The van der Waals surface area contributed by atoms with Crippen molar-refractivity contribution in [3.63, 3.8) is 0 Å². The highest BCUT2D eigenvalue weighted by molar-refractivity contribution is 5.85. The molecule has 1 heterocycles. The Balaban J connectivity index is 2.07. The van der Waals surface area contributed by atoms with Gasteiger partial charge >= 0.3 is 0 Å². The lowest BCUT2D eigenvalue weighted by molar-refractivity contribution is -0.126. The van der Waals surface area contributed by atoms with Gasteiger partial charge in [0.05, 0.1) is 16.6 Å². The number of H-pyrrole nitrogens is 1. The monoisotopic (exact) mass is 260 g/mol. The van der Waals surface area contributed by atoms with E-state index in [1.165, 1.54) is 0 Å². The molecular formula is C14H20N4O. The predicted octanol–water partition coefficient (Wildman–Crippen LogP) is 1.49. The Morgan fingerprint density at radius 2 is 2.16 bits per heavy atom. The smallest absolute Gasteiger partial charge is 0.239 e. The second kappa shape index (κ2) is 5.01. The molecule has 0 fully saturated rings. The summed E-state index contributed by atoms with van der Waals surface area (Å²) in [5.41, 5.74) is 2.44. The summed E-state index contributed by atoms with van der Waals surface area (Å²) in [6, 6.07) is 5.96. The van der Waals surface area contributed by atoms with Crippen LogP contribution in [-0.2, 0) is 11.3 Å². The normalized spacial score (nSPS) is 11.8. The Bertz CT molecular complexity index is 601. The Morgan fingerprint density at radius 1 is 1.42 bits per heavy atom. The van der Waals surface area contributed by atoms with Gasteiger partial charge in [0.1, 0.15) is 5.82 Å². The zero-order valence-corrected chi connectivity index (χ0v) is 11.8. The number of hydrogen-bond donors (Lipinski definition) is 3. The largest absolute Gasteiger partial charge is 0.350 e. The first kappa shape index (κ1) is 13.5. The first-order valence-electron chi connectivity index (χ1n) is 6.35. The fourth-order valence-electron chi connectivity index (χ4n) is 1.81. The highest BCUT2D eigenvalue weighted by atomic mass is 16.2. The van der Waals surface area contributed by atoms with E-state index in [0.717, 1.165) is 22.4 Å². The molecule has 1 aromatic carbocycles. The quantitative estimate of drug-likeness (QED) is 0.780. The summed E-state index contributed by atoms with van der Waals surface area (Å²) in [7, 11) is 1.78. The van der Waals surface area contributed by atoms with Gasteiger partial charge in [-0.1, -0.05) is 6.07 Å². The Morgan fingerprint density at radius 3 is 2.84 bits per heavy atom. The predicted molar refractivity (Wildman–Crippen MR) is 75.8 cm³/mol. The van der Waals surface area contributed by atoms with E-state index in [1.54, 1.807) is 7.05 Å². The molecule has 1 amide bonds. The molecule has 19 heavy (non-hydrogen) atoms. The van der Waals surface area contributed by atoms with E-state index in [-0.39, 0.29) is 5.91 Å². The fourth-order valence-corrected chi connectivity index (χ4v) is 1.81. The minimum Gasteiger partial charge on any atom is -0.350 e. The Hall–Kier alpha value is -1.88. The van der Waals surface area contributed by atoms with Crippen molar-refractivity contribution < 1.29 is 4.79 Å². The highest BCUT2D eigenvalue weighted by Crippen LogP contribution is 2.13. The summed E-state index contributed by atoms with van der Waals surface area (Å²) in [6.45, 7) is 6.14. The van der Waals surface area contributed by atoms with Crippen LogP contribution in [-0.4, -0.2) is 28.5 Å². The number of fused-ring (bicyclic) bond motifs is 1. The number of aromatic nitrogens is 2. The van der Waals surface area contributed by atoms with Crippen LogP contribution in [0.25, 0.3) is 11.0 Å². The van der Waals surface area contributed by atoms with E-state index >= 15 is 0 Å². The second-order valence-corrected chi connectivity index (χ2v) is 5.23. The maximum absolute atomic E-state index is 11.9. The number of likely N-dealkylation sites (N-methyl/N-ethyl adjacent to an activating group) is 1. The van der Waals surface area contributed by atoms with Gasteiger partial charge in [-0.3, -0.25) is 4.79 Å². The van der Waals surface area contributed by atoms with Gasteiger partial charge in [0.15, 0.2) is 0 Å². The van der Waals surface area contributed by atoms with Crippen LogP contribution in [0.2, 0.25) is 0 Å². The number of benzene rings is 1. The van der Waals surface area contributed by atoms with Crippen molar-refractivity contribution in [1.82, 2.24) is 20.6 Å². The lowest BCUT2D eigenvalue weighted by atomic mass is 10.1. The van der Waals surface area contributed by atoms with Crippen molar-refractivity contribution in [3.05, 3.63) is 29.6 Å². The summed E-state index contributed by atoms with van der Waals surface area (Å²) >= 11 is 0. The van der Waals surface area contributed by atoms with Crippen LogP contribution in [0.15, 0.2) is 18.2 Å². The third-order valence-corrected chi connectivity index (χ3v) is 3.31. The summed E-state index contributed by atoms with van der Waals surface area (Å²) in [6.07, 6.45) is 0. The van der Waals surface area contributed by atoms with E-state index < -0.39 is 5.54 Å². The van der Waals surface area contributed by atoms with E-state index in [9.17, 15) is 4.79 Å². The maximum atomic E-state index is 11.9. The summed E-state index contributed by atoms with van der Waals surface area (Å²) in [5, 5.41) is 5.91. The van der Waals surface area contributed by atoms with Crippen LogP contribution in [0, 0.1) is 6.92 Å². The molecule has 0 aliphatic heterocycles. The molecule has 5 nitrogen and oxygen atoms in total. The highest BCUT2D eigenvalue weighted by Gasteiger charge is 2.24. The van der Waals surface area contributed by atoms with Gasteiger partial charge in [0.25, 0.3) is 0 Å². The number of rotatable bonds is 4. The SMILES string of the molecule is CNC(C)(C)C(=O)NCc1ccc2nc(C)[nH]c2c1. The van der Waals surface area contributed by atoms with E-state index in [4.69, 9.17) is 0 Å². The van der Waals surface area contributed by atoms with Crippen LogP contribution in [0.3, 0.4) is 0 Å². The fraction of sp³-hybridized carbons (Fsp3) is 0.429. The standard InChI is InChI=1S/C14H20N4O/c1-9-17-11-6-5-10(7-12(11)18-9)8-16-13(19)14(2,3)15-4/h5-7,15H,8H2,1-4H3,(H,16,19)(H,17,18). The van der Waals surface area contributed by atoms with E-state index in [0.29, 0.717) is 6.54 Å². The molecule has 0 spiro atoms. The molecule has 0 bridgehead atoms. The number of hydrogen-bond acceptors (Lipinski definition) is 3. The zero-order chi connectivity index (χ0) is 14.0. The van der Waals surface area contributed by atoms with E-state index in [1.807, 2.05) is 39.0 Å². The number of imidazole rings is 1. The number of amides is 1. The molecule has 0 radical (unpaired) electrons. The van der Waals surface area contributed by atoms with Crippen molar-refractivity contribution in [1.29, 1.82) is 0 Å². The number of nitrogens with zero attached hydrogens (tertiary/aromatic N) is 1. The number of aryl methyl sites for hydroxylation is 1. The number of carbonyl (C=O) groups is 1. The molecule has 1 aromatic heterocycles. The molecule has 0 aliphatic rings. The topological polar surface area (TPSA) is 69.8 Å². The molecule has 3 N–H and O–H groups in total. The molecule has 2 aromatic rings. The van der Waals surface area contributed by atoms with Gasteiger partial charge in [0, 0.05) is 6.54 Å². The molecule has 0 unspecified atom stereocenters. The summed E-state index contributed by atoms with van der Waals surface area (Å²) in [4.78, 5) is 19.5. The molecule has 0 saturated carbocycles. The van der Waals surface area contributed by atoms with Gasteiger partial charge in [-0.05, 0) is 45.5 Å². The van der Waals surface area contributed by atoms with Crippen molar-refractivity contribution in [2.24, 2.45) is 0 Å². The molecule has 5 heteroatoms. The van der Waals surface area contributed by atoms with Crippen LogP contribution in [0.4, 0.5) is 0 Å². The van der Waals surface area contributed by atoms with Gasteiger partial charge in [0.2, 0.25) is 5.91 Å². The molecule has 0 saturated heterocycles.